The fourth-order valence-electron chi connectivity index (χ4n) is 0.204. The summed E-state index contributed by atoms with van der Waals surface area (Å²) in [6.45, 7) is 0. The van der Waals surface area contributed by atoms with Crippen molar-refractivity contribution in [3.63, 3.8) is 0 Å². The predicted molar refractivity (Wildman–Crippen MR) is 24.6 cm³/mol. The first-order chi connectivity index (χ1) is 2.89. The number of hydrogen-bond donors (Lipinski definition) is 0. The fourth-order valence-corrected chi connectivity index (χ4v) is 0.611. The van der Waals surface area contributed by atoms with E-state index in [9.17, 15) is 4.57 Å². The number of rotatable bonds is 0. The molecule has 1 heterocycles. The molecule has 0 atom stereocenters. The molecule has 0 fully saturated rings. The van der Waals surface area contributed by atoms with Crippen LogP contribution in [0.25, 0.3) is 0 Å². The molecule has 0 radical (unpaired) electrons. The molecule has 0 aromatic rings. The quantitative estimate of drug-likeness (QED) is 0.416. The van der Waals surface area contributed by atoms with Crippen LogP contribution in [0.3, 0.4) is 0 Å². The van der Waals surface area contributed by atoms with Gasteiger partial charge in [-0.25, -0.2) is 0 Å². The van der Waals surface area contributed by atoms with Crippen LogP contribution in [0.2, 0.25) is 0 Å². The molecular weight excluding hydrogens is 99.0 g/mol. The lowest BCUT2D eigenvalue weighted by Gasteiger charge is -1.40. The van der Waals surface area contributed by atoms with E-state index >= 15 is 0 Å². The zero-order chi connectivity index (χ0) is 4.41. The Morgan fingerprint density at radius 2 is 1.83 bits per heavy atom. The molecular formula is C2H2N2OP+. The van der Waals surface area contributed by atoms with Gasteiger partial charge in [0, 0.05) is 0 Å². The van der Waals surface area contributed by atoms with Crippen molar-refractivity contribution in [2.45, 2.75) is 0 Å². The minimum Gasteiger partial charge on any atom is -0.00952 e. The van der Waals surface area contributed by atoms with Gasteiger partial charge in [0.1, 0.15) is 12.4 Å². The first kappa shape index (κ1) is 3.62. The highest BCUT2D eigenvalue weighted by atomic mass is 31.1. The summed E-state index contributed by atoms with van der Waals surface area (Å²) in [5.74, 6) is 0. The van der Waals surface area contributed by atoms with Crippen molar-refractivity contribution >= 4 is 20.5 Å². The van der Waals surface area contributed by atoms with Gasteiger partial charge < -0.3 is 0 Å². The summed E-state index contributed by atoms with van der Waals surface area (Å²) in [5.41, 5.74) is 0. The molecule has 6 heavy (non-hydrogen) atoms. The molecule has 0 aromatic heterocycles. The minimum atomic E-state index is -1.58. The van der Waals surface area contributed by atoms with E-state index in [-0.39, 0.29) is 0 Å². The van der Waals surface area contributed by atoms with Crippen LogP contribution in [0, 0.1) is 0 Å². The van der Waals surface area contributed by atoms with Crippen molar-refractivity contribution in [3.8, 4) is 0 Å². The van der Waals surface area contributed by atoms with Gasteiger partial charge in [-0.1, -0.05) is 0 Å². The van der Waals surface area contributed by atoms with Gasteiger partial charge in [0.15, 0.2) is 0 Å². The van der Waals surface area contributed by atoms with E-state index in [0.29, 0.717) is 0 Å². The van der Waals surface area contributed by atoms with Crippen molar-refractivity contribution in [1.82, 2.24) is 0 Å². The molecule has 0 saturated heterocycles. The van der Waals surface area contributed by atoms with E-state index in [0.717, 1.165) is 0 Å². The minimum absolute atomic E-state index is 1.43. The molecule has 1 rings (SSSR count). The summed E-state index contributed by atoms with van der Waals surface area (Å²) in [6.07, 6.45) is 2.86. The Bertz CT molecular complexity index is 114. The van der Waals surface area contributed by atoms with E-state index in [4.69, 9.17) is 0 Å². The van der Waals surface area contributed by atoms with Crippen molar-refractivity contribution < 1.29 is 4.57 Å². The second-order valence-electron chi connectivity index (χ2n) is 0.782. The Morgan fingerprint density at radius 3 is 2.00 bits per heavy atom. The Morgan fingerprint density at radius 1 is 1.33 bits per heavy atom. The molecule has 30 valence electrons. The summed E-state index contributed by atoms with van der Waals surface area (Å²) >= 11 is 0. The normalized spacial score (nSPS) is 17.0. The van der Waals surface area contributed by atoms with Gasteiger partial charge in [-0.15, -0.1) is 0 Å². The zero-order valence-electron chi connectivity index (χ0n) is 2.90. The topological polar surface area (TPSA) is 41.8 Å². The molecule has 0 unspecified atom stereocenters. The monoisotopic (exact) mass is 101 g/mol. The SMILES string of the molecule is O=[P+]1N=CC=N1. The van der Waals surface area contributed by atoms with Crippen LogP contribution in [0.15, 0.2) is 9.53 Å². The summed E-state index contributed by atoms with van der Waals surface area (Å²) in [7, 11) is -1.58. The lowest BCUT2D eigenvalue weighted by molar-refractivity contribution is 0.590. The third-order valence-corrected chi connectivity index (χ3v) is 1.06. The molecule has 0 saturated carbocycles. The molecule has 1 aliphatic rings. The lowest BCUT2D eigenvalue weighted by atomic mass is 10.9. The molecule has 4 heteroatoms. The number of nitrogens with zero attached hydrogens (tertiary/aromatic N) is 2. The largest absolute Gasteiger partial charge is 0.642 e. The lowest BCUT2D eigenvalue weighted by Crippen LogP contribution is -1.56. The van der Waals surface area contributed by atoms with Crippen LogP contribution in [0.4, 0.5) is 0 Å². The van der Waals surface area contributed by atoms with Crippen LogP contribution >= 0.6 is 8.10 Å². The summed E-state index contributed by atoms with van der Waals surface area (Å²) in [4.78, 5) is 0. The van der Waals surface area contributed by atoms with E-state index in [1.165, 1.54) is 12.4 Å². The Balaban J connectivity index is 2.86. The van der Waals surface area contributed by atoms with Crippen LogP contribution < -0.4 is 0 Å². The zero-order valence-corrected chi connectivity index (χ0v) is 3.80. The highest BCUT2D eigenvalue weighted by Crippen LogP contribution is 2.24. The van der Waals surface area contributed by atoms with E-state index in [1.807, 2.05) is 0 Å². The van der Waals surface area contributed by atoms with Crippen molar-refractivity contribution in [3.05, 3.63) is 0 Å². The molecule has 0 amide bonds. The van der Waals surface area contributed by atoms with Crippen LogP contribution in [-0.4, -0.2) is 12.4 Å². The van der Waals surface area contributed by atoms with Crippen molar-refractivity contribution in [2.24, 2.45) is 9.53 Å². The molecule has 0 spiro atoms. The fraction of sp³-hybridized carbons (Fsp3) is 0. The van der Waals surface area contributed by atoms with Gasteiger partial charge in [-0.3, -0.25) is 0 Å². The molecule has 0 aromatic carbocycles. The molecule has 0 N–H and O–H groups in total. The highest BCUT2D eigenvalue weighted by Gasteiger charge is 2.11. The van der Waals surface area contributed by atoms with Gasteiger partial charge in [-0.05, 0) is 14.1 Å². The van der Waals surface area contributed by atoms with Crippen molar-refractivity contribution in [2.75, 3.05) is 0 Å². The molecule has 0 bridgehead atoms. The van der Waals surface area contributed by atoms with Crippen molar-refractivity contribution in [1.29, 1.82) is 0 Å². The second-order valence-corrected chi connectivity index (χ2v) is 1.75. The maximum Gasteiger partial charge on any atom is 0.642 e. The first-order valence-corrected chi connectivity index (χ1v) is 2.60. The third-order valence-electron chi connectivity index (χ3n) is 0.398. The average molecular weight is 101 g/mol. The third kappa shape index (κ3) is 0.494. The van der Waals surface area contributed by atoms with Gasteiger partial charge in [0.25, 0.3) is 0 Å². The Hall–Kier alpha value is -0.560. The summed E-state index contributed by atoms with van der Waals surface area (Å²) < 4.78 is 16.8. The van der Waals surface area contributed by atoms with Gasteiger partial charge in [-0.2, -0.15) is 0 Å². The smallest absolute Gasteiger partial charge is 0.00952 e. The van der Waals surface area contributed by atoms with Crippen LogP contribution in [0.5, 0.6) is 0 Å². The van der Waals surface area contributed by atoms with Crippen LogP contribution in [-0.2, 0) is 4.57 Å². The predicted octanol–water partition coefficient (Wildman–Crippen LogP) is 0.799. The van der Waals surface area contributed by atoms with Crippen LogP contribution in [0.1, 0.15) is 0 Å². The molecule has 0 aliphatic carbocycles. The van der Waals surface area contributed by atoms with Gasteiger partial charge in [0.05, 0.1) is 0 Å². The maximum absolute atomic E-state index is 10.00. The highest BCUT2D eigenvalue weighted by molar-refractivity contribution is 7.43. The second kappa shape index (κ2) is 1.27. The van der Waals surface area contributed by atoms with Gasteiger partial charge in [0.2, 0.25) is 0 Å². The Kier molecular flexibility index (Phi) is 0.765. The standard InChI is InChI=1S/C2H2N2OP/c5-6-3-1-2-4-6/h1-2H/q+1. The summed E-state index contributed by atoms with van der Waals surface area (Å²) in [5, 5.41) is 0. The summed E-state index contributed by atoms with van der Waals surface area (Å²) in [6, 6.07) is 0. The molecule has 1 aliphatic heterocycles. The first-order valence-electron chi connectivity index (χ1n) is 1.43. The van der Waals surface area contributed by atoms with E-state index in [1.54, 1.807) is 0 Å². The van der Waals surface area contributed by atoms with Gasteiger partial charge >= 0.3 is 8.10 Å². The molecule has 3 nitrogen and oxygen atoms in total. The average Bonchev–Trinajstić information content (AvgIpc) is 1.86. The van der Waals surface area contributed by atoms with E-state index in [2.05, 4.69) is 9.53 Å². The Labute approximate surface area is 35.7 Å². The number of hydrogen-bond acceptors (Lipinski definition) is 1. The van der Waals surface area contributed by atoms with E-state index < -0.39 is 8.10 Å². The maximum atomic E-state index is 10.00.